The van der Waals surface area contributed by atoms with Crippen molar-refractivity contribution >= 4 is 23.2 Å². The first-order valence-corrected chi connectivity index (χ1v) is 6.20. The third kappa shape index (κ3) is 2.65. The van der Waals surface area contributed by atoms with Crippen molar-refractivity contribution in [3.63, 3.8) is 0 Å². The minimum Gasteiger partial charge on any atom is -0.389 e. The number of likely N-dealkylation sites (tertiary alicyclic amines) is 1. The van der Waals surface area contributed by atoms with Gasteiger partial charge in [-0.25, -0.2) is 0 Å². The average molecular weight is 254 g/mol. The zero-order valence-electron chi connectivity index (χ0n) is 9.50. The van der Waals surface area contributed by atoms with Crippen LogP contribution in [0.1, 0.15) is 9.67 Å². The second-order valence-electron chi connectivity index (χ2n) is 4.09. The SMILES string of the molecule is CN(CC(=O)N1CC(O)C1)C(=O)c1cccs1. The Bertz CT molecular complexity index is 412. The fourth-order valence-corrected chi connectivity index (χ4v) is 2.34. The van der Waals surface area contributed by atoms with Crippen molar-refractivity contribution in [2.75, 3.05) is 26.7 Å². The van der Waals surface area contributed by atoms with Crippen LogP contribution in [0, 0.1) is 0 Å². The molecule has 6 heteroatoms. The third-order valence-corrected chi connectivity index (χ3v) is 3.52. The molecule has 1 aromatic heterocycles. The molecule has 92 valence electrons. The monoisotopic (exact) mass is 254 g/mol. The van der Waals surface area contributed by atoms with Gasteiger partial charge in [-0.15, -0.1) is 11.3 Å². The summed E-state index contributed by atoms with van der Waals surface area (Å²) in [6.07, 6.45) is -0.405. The van der Waals surface area contributed by atoms with E-state index in [0.29, 0.717) is 18.0 Å². The summed E-state index contributed by atoms with van der Waals surface area (Å²) >= 11 is 1.36. The second kappa shape index (κ2) is 4.85. The van der Waals surface area contributed by atoms with Gasteiger partial charge < -0.3 is 14.9 Å². The molecule has 0 unspecified atom stereocenters. The van der Waals surface area contributed by atoms with E-state index < -0.39 is 6.10 Å². The highest BCUT2D eigenvalue weighted by molar-refractivity contribution is 7.12. The molecule has 17 heavy (non-hydrogen) atoms. The lowest BCUT2D eigenvalue weighted by Crippen LogP contribution is -2.56. The van der Waals surface area contributed by atoms with Crippen LogP contribution in [0.15, 0.2) is 17.5 Å². The molecule has 0 atom stereocenters. The Morgan fingerprint density at radius 2 is 2.29 bits per heavy atom. The molecule has 0 saturated carbocycles. The number of hydrogen-bond acceptors (Lipinski definition) is 4. The molecule has 1 aliphatic heterocycles. The lowest BCUT2D eigenvalue weighted by Gasteiger charge is -2.36. The Hall–Kier alpha value is -1.40. The van der Waals surface area contributed by atoms with E-state index in [-0.39, 0.29) is 18.4 Å². The number of aliphatic hydroxyl groups is 1. The van der Waals surface area contributed by atoms with Gasteiger partial charge in [0.15, 0.2) is 0 Å². The Kier molecular flexibility index (Phi) is 3.44. The van der Waals surface area contributed by atoms with Crippen LogP contribution in [0.4, 0.5) is 0 Å². The maximum absolute atomic E-state index is 11.9. The molecule has 0 bridgehead atoms. The molecule has 2 amide bonds. The zero-order chi connectivity index (χ0) is 12.4. The molecule has 0 aliphatic carbocycles. The highest BCUT2D eigenvalue weighted by Gasteiger charge is 2.29. The molecule has 0 spiro atoms. The predicted octanol–water partition coefficient (Wildman–Crippen LogP) is 0.0232. The topological polar surface area (TPSA) is 60.9 Å². The highest BCUT2D eigenvalue weighted by atomic mass is 32.1. The molecule has 1 aromatic rings. The maximum atomic E-state index is 11.9. The van der Waals surface area contributed by atoms with Crippen molar-refractivity contribution in [3.8, 4) is 0 Å². The van der Waals surface area contributed by atoms with E-state index in [9.17, 15) is 9.59 Å². The summed E-state index contributed by atoms with van der Waals surface area (Å²) in [4.78, 5) is 27.1. The van der Waals surface area contributed by atoms with Crippen molar-refractivity contribution in [1.29, 1.82) is 0 Å². The van der Waals surface area contributed by atoms with Gasteiger partial charge in [0.1, 0.15) is 0 Å². The minimum absolute atomic E-state index is 0.0590. The molecule has 0 aromatic carbocycles. The van der Waals surface area contributed by atoms with Gasteiger partial charge >= 0.3 is 0 Å². The van der Waals surface area contributed by atoms with Crippen molar-refractivity contribution < 1.29 is 14.7 Å². The largest absolute Gasteiger partial charge is 0.389 e. The Labute approximate surface area is 103 Å². The van der Waals surface area contributed by atoms with Crippen LogP contribution >= 0.6 is 11.3 Å². The van der Waals surface area contributed by atoms with Crippen molar-refractivity contribution in [2.45, 2.75) is 6.10 Å². The number of hydrogen-bond donors (Lipinski definition) is 1. The maximum Gasteiger partial charge on any atom is 0.264 e. The molecular weight excluding hydrogens is 240 g/mol. The fourth-order valence-electron chi connectivity index (χ4n) is 1.62. The predicted molar refractivity (Wildman–Crippen MR) is 63.9 cm³/mol. The van der Waals surface area contributed by atoms with Gasteiger partial charge in [-0.2, -0.15) is 0 Å². The number of carbonyl (C=O) groups excluding carboxylic acids is 2. The van der Waals surface area contributed by atoms with Crippen molar-refractivity contribution in [1.82, 2.24) is 9.80 Å². The van der Waals surface area contributed by atoms with E-state index in [0.717, 1.165) is 0 Å². The summed E-state index contributed by atoms with van der Waals surface area (Å²) in [5.41, 5.74) is 0. The van der Waals surface area contributed by atoms with Crippen LogP contribution in [0.5, 0.6) is 0 Å². The van der Waals surface area contributed by atoms with Crippen molar-refractivity contribution in [2.24, 2.45) is 0 Å². The van der Waals surface area contributed by atoms with Crippen LogP contribution < -0.4 is 0 Å². The summed E-state index contributed by atoms with van der Waals surface area (Å²) in [6, 6.07) is 3.54. The fraction of sp³-hybridized carbons (Fsp3) is 0.455. The Morgan fingerprint density at radius 3 is 2.82 bits per heavy atom. The summed E-state index contributed by atoms with van der Waals surface area (Å²) in [6.45, 7) is 0.809. The van der Waals surface area contributed by atoms with E-state index in [1.165, 1.54) is 16.2 Å². The highest BCUT2D eigenvalue weighted by Crippen LogP contribution is 2.12. The average Bonchev–Trinajstić information content (AvgIpc) is 2.76. The van der Waals surface area contributed by atoms with Crippen LogP contribution in [0.25, 0.3) is 0 Å². The van der Waals surface area contributed by atoms with E-state index in [1.54, 1.807) is 24.1 Å². The van der Waals surface area contributed by atoms with Crippen LogP contribution in [0.3, 0.4) is 0 Å². The third-order valence-electron chi connectivity index (χ3n) is 2.67. The minimum atomic E-state index is -0.405. The molecule has 2 rings (SSSR count). The number of aliphatic hydroxyl groups excluding tert-OH is 1. The van der Waals surface area contributed by atoms with Gasteiger partial charge in [0.25, 0.3) is 5.91 Å². The number of thiophene rings is 1. The molecule has 1 fully saturated rings. The number of β-amino-alcohol motifs (C(OH)–C–C–N with tert-alkyl or cyclic N) is 1. The van der Waals surface area contributed by atoms with Gasteiger partial charge in [0.05, 0.1) is 17.5 Å². The number of likely N-dealkylation sites (N-methyl/N-ethyl adjacent to an activating group) is 1. The van der Waals surface area contributed by atoms with Gasteiger partial charge in [0.2, 0.25) is 5.91 Å². The van der Waals surface area contributed by atoms with Crippen LogP contribution in [-0.4, -0.2) is 59.5 Å². The lowest BCUT2D eigenvalue weighted by atomic mass is 10.1. The summed E-state index contributed by atoms with van der Waals surface area (Å²) in [7, 11) is 1.61. The molecular formula is C11H14N2O3S. The number of amides is 2. The van der Waals surface area contributed by atoms with Gasteiger partial charge in [-0.1, -0.05) is 6.07 Å². The van der Waals surface area contributed by atoms with Crippen LogP contribution in [-0.2, 0) is 4.79 Å². The first-order chi connectivity index (χ1) is 8.08. The summed E-state index contributed by atoms with van der Waals surface area (Å²) in [5.74, 6) is -0.267. The van der Waals surface area contributed by atoms with Gasteiger partial charge in [0, 0.05) is 20.1 Å². The molecule has 1 aliphatic rings. The second-order valence-corrected chi connectivity index (χ2v) is 5.04. The van der Waals surface area contributed by atoms with E-state index >= 15 is 0 Å². The lowest BCUT2D eigenvalue weighted by molar-refractivity contribution is -0.141. The van der Waals surface area contributed by atoms with E-state index in [2.05, 4.69) is 0 Å². The van der Waals surface area contributed by atoms with Gasteiger partial charge in [-0.3, -0.25) is 9.59 Å². The Morgan fingerprint density at radius 1 is 1.59 bits per heavy atom. The Balaban J connectivity index is 1.86. The zero-order valence-corrected chi connectivity index (χ0v) is 10.3. The number of carbonyl (C=O) groups is 2. The summed E-state index contributed by atoms with van der Waals surface area (Å²) < 4.78 is 0. The first-order valence-electron chi connectivity index (χ1n) is 5.32. The molecule has 1 N–H and O–H groups in total. The molecule has 1 saturated heterocycles. The standard InChI is InChI=1S/C11H14N2O3S/c1-12(11(16)9-3-2-4-17-9)7-10(15)13-5-8(14)6-13/h2-4,8,14H,5-7H2,1H3. The molecule has 0 radical (unpaired) electrons. The quantitative estimate of drug-likeness (QED) is 0.827. The summed E-state index contributed by atoms with van der Waals surface area (Å²) in [5, 5.41) is 10.9. The smallest absolute Gasteiger partial charge is 0.264 e. The first kappa shape index (κ1) is 12.1. The number of rotatable bonds is 3. The van der Waals surface area contributed by atoms with E-state index in [1.807, 2.05) is 5.38 Å². The van der Waals surface area contributed by atoms with Gasteiger partial charge in [-0.05, 0) is 11.4 Å². The van der Waals surface area contributed by atoms with E-state index in [4.69, 9.17) is 5.11 Å². The van der Waals surface area contributed by atoms with Crippen LogP contribution in [0.2, 0.25) is 0 Å². The van der Waals surface area contributed by atoms with Crippen molar-refractivity contribution in [3.05, 3.63) is 22.4 Å². The molecule has 5 nitrogen and oxygen atoms in total. The number of nitrogens with zero attached hydrogens (tertiary/aromatic N) is 2. The normalized spacial score (nSPS) is 15.5. The molecule has 2 heterocycles.